The van der Waals surface area contributed by atoms with Gasteiger partial charge in [0, 0.05) is 24.2 Å². The van der Waals surface area contributed by atoms with Crippen LogP contribution in [0.3, 0.4) is 0 Å². The molecule has 0 aliphatic carbocycles. The Bertz CT molecular complexity index is 607. The molecule has 1 amide bonds. The number of aliphatic hydroxyl groups excluding tert-OH is 1. The standard InChI is InChI=1S/C12H11N3O3/c16-7-11(17)15-10-5-9(6-14-12(10)18)8-1-3-13-4-2-8/h1-6,16H,7H2,(H,14,18)(H,15,17). The van der Waals surface area contributed by atoms with E-state index in [-0.39, 0.29) is 5.69 Å². The summed E-state index contributed by atoms with van der Waals surface area (Å²) in [7, 11) is 0. The van der Waals surface area contributed by atoms with E-state index in [0.717, 1.165) is 11.1 Å². The third-order valence-electron chi connectivity index (χ3n) is 2.33. The van der Waals surface area contributed by atoms with Crippen LogP contribution >= 0.6 is 0 Å². The van der Waals surface area contributed by atoms with Crippen LogP contribution < -0.4 is 10.9 Å². The minimum absolute atomic E-state index is 0.100. The number of nitrogens with zero attached hydrogens (tertiary/aromatic N) is 1. The van der Waals surface area contributed by atoms with Gasteiger partial charge in [-0.3, -0.25) is 14.6 Å². The molecule has 0 saturated carbocycles. The first-order valence-corrected chi connectivity index (χ1v) is 5.24. The van der Waals surface area contributed by atoms with Crippen molar-refractivity contribution in [1.29, 1.82) is 0 Å². The highest BCUT2D eigenvalue weighted by molar-refractivity contribution is 5.91. The summed E-state index contributed by atoms with van der Waals surface area (Å²) in [6, 6.07) is 5.11. The molecule has 0 radical (unpaired) electrons. The molecular formula is C12H11N3O3. The van der Waals surface area contributed by atoms with Crippen LogP contribution in [-0.2, 0) is 4.79 Å². The number of anilines is 1. The first kappa shape index (κ1) is 12.0. The summed E-state index contributed by atoms with van der Waals surface area (Å²) >= 11 is 0. The average molecular weight is 245 g/mol. The van der Waals surface area contributed by atoms with Crippen molar-refractivity contribution in [1.82, 2.24) is 9.97 Å². The van der Waals surface area contributed by atoms with Crippen molar-refractivity contribution < 1.29 is 9.90 Å². The van der Waals surface area contributed by atoms with E-state index >= 15 is 0 Å². The molecule has 18 heavy (non-hydrogen) atoms. The van der Waals surface area contributed by atoms with E-state index in [1.165, 1.54) is 0 Å². The van der Waals surface area contributed by atoms with Crippen molar-refractivity contribution in [2.45, 2.75) is 0 Å². The molecule has 0 fully saturated rings. The Morgan fingerprint density at radius 2 is 2.06 bits per heavy atom. The number of aromatic nitrogens is 2. The Hall–Kier alpha value is -2.47. The fourth-order valence-corrected chi connectivity index (χ4v) is 1.48. The quantitative estimate of drug-likeness (QED) is 0.728. The Morgan fingerprint density at radius 3 is 2.72 bits per heavy atom. The van der Waals surface area contributed by atoms with Gasteiger partial charge in [-0.25, -0.2) is 0 Å². The summed E-state index contributed by atoms with van der Waals surface area (Å²) in [5.41, 5.74) is 1.28. The molecule has 0 aliphatic heterocycles. The Kier molecular flexibility index (Phi) is 3.49. The Balaban J connectivity index is 2.38. The first-order chi connectivity index (χ1) is 8.70. The lowest BCUT2D eigenvalue weighted by Crippen LogP contribution is -2.21. The summed E-state index contributed by atoms with van der Waals surface area (Å²) in [6.45, 7) is -0.668. The second-order valence-corrected chi connectivity index (χ2v) is 3.57. The molecule has 6 nitrogen and oxygen atoms in total. The maximum Gasteiger partial charge on any atom is 0.271 e. The van der Waals surface area contributed by atoms with Crippen molar-refractivity contribution >= 4 is 11.6 Å². The molecule has 3 N–H and O–H groups in total. The molecule has 2 rings (SSSR count). The molecule has 2 aromatic rings. The summed E-state index contributed by atoms with van der Waals surface area (Å²) in [6.07, 6.45) is 4.81. The second-order valence-electron chi connectivity index (χ2n) is 3.57. The number of nitrogens with one attached hydrogen (secondary N) is 2. The van der Waals surface area contributed by atoms with Gasteiger partial charge >= 0.3 is 0 Å². The minimum Gasteiger partial charge on any atom is -0.387 e. The van der Waals surface area contributed by atoms with Gasteiger partial charge in [0.15, 0.2) is 0 Å². The molecule has 6 heteroatoms. The Morgan fingerprint density at radius 1 is 1.33 bits per heavy atom. The number of amides is 1. The van der Waals surface area contributed by atoms with Gasteiger partial charge in [0.05, 0.1) is 0 Å². The summed E-state index contributed by atoms with van der Waals surface area (Å²) in [4.78, 5) is 29.0. The van der Waals surface area contributed by atoms with Gasteiger partial charge in [0.25, 0.3) is 5.56 Å². The molecule has 0 unspecified atom stereocenters. The highest BCUT2D eigenvalue weighted by Gasteiger charge is 2.06. The van der Waals surface area contributed by atoms with E-state index in [1.807, 2.05) is 0 Å². The lowest BCUT2D eigenvalue weighted by molar-refractivity contribution is -0.118. The van der Waals surface area contributed by atoms with E-state index in [0.29, 0.717) is 0 Å². The predicted octanol–water partition coefficient (Wildman–Crippen LogP) is 0.368. The van der Waals surface area contributed by atoms with Gasteiger partial charge in [-0.15, -0.1) is 0 Å². The fourth-order valence-electron chi connectivity index (χ4n) is 1.48. The van der Waals surface area contributed by atoms with Crippen molar-refractivity contribution in [3.8, 4) is 11.1 Å². The molecule has 0 atom stereocenters. The lowest BCUT2D eigenvalue weighted by atomic mass is 10.1. The van der Waals surface area contributed by atoms with E-state index in [2.05, 4.69) is 15.3 Å². The molecule has 0 spiro atoms. The number of aromatic amines is 1. The van der Waals surface area contributed by atoms with Crippen LogP contribution in [0.25, 0.3) is 11.1 Å². The van der Waals surface area contributed by atoms with Gasteiger partial charge in [0.1, 0.15) is 12.3 Å². The largest absolute Gasteiger partial charge is 0.387 e. The number of hydrogen-bond donors (Lipinski definition) is 3. The van der Waals surface area contributed by atoms with E-state index in [9.17, 15) is 9.59 Å². The maximum absolute atomic E-state index is 11.5. The molecule has 0 aliphatic rings. The molecule has 0 saturated heterocycles. The number of aliphatic hydroxyl groups is 1. The van der Waals surface area contributed by atoms with Gasteiger partial charge in [-0.05, 0) is 23.8 Å². The highest BCUT2D eigenvalue weighted by atomic mass is 16.3. The lowest BCUT2D eigenvalue weighted by Gasteiger charge is -2.05. The van der Waals surface area contributed by atoms with Gasteiger partial charge in [-0.2, -0.15) is 0 Å². The summed E-state index contributed by atoms with van der Waals surface area (Å²) in [5, 5.41) is 11.0. The van der Waals surface area contributed by atoms with Crippen LogP contribution in [-0.4, -0.2) is 27.6 Å². The fraction of sp³-hybridized carbons (Fsp3) is 0.0833. The van der Waals surface area contributed by atoms with Crippen LogP contribution in [0.4, 0.5) is 5.69 Å². The van der Waals surface area contributed by atoms with E-state index in [1.54, 1.807) is 36.8 Å². The van der Waals surface area contributed by atoms with Crippen LogP contribution in [0.2, 0.25) is 0 Å². The predicted molar refractivity (Wildman–Crippen MR) is 66.0 cm³/mol. The van der Waals surface area contributed by atoms with Gasteiger partial charge in [0.2, 0.25) is 5.91 Å². The zero-order chi connectivity index (χ0) is 13.0. The topological polar surface area (TPSA) is 95.1 Å². The smallest absolute Gasteiger partial charge is 0.271 e. The van der Waals surface area contributed by atoms with Crippen LogP contribution in [0, 0.1) is 0 Å². The molecular weight excluding hydrogens is 234 g/mol. The molecule has 0 aromatic carbocycles. The summed E-state index contributed by atoms with van der Waals surface area (Å²) in [5.74, 6) is -0.632. The minimum atomic E-state index is -0.668. The second kappa shape index (κ2) is 5.24. The highest BCUT2D eigenvalue weighted by Crippen LogP contribution is 2.18. The van der Waals surface area contributed by atoms with Crippen molar-refractivity contribution in [2.24, 2.45) is 0 Å². The molecule has 2 aromatic heterocycles. The Labute approximate surface area is 102 Å². The van der Waals surface area contributed by atoms with Crippen molar-refractivity contribution in [3.63, 3.8) is 0 Å². The number of H-pyrrole nitrogens is 1. The third-order valence-corrected chi connectivity index (χ3v) is 2.33. The van der Waals surface area contributed by atoms with Gasteiger partial charge < -0.3 is 15.4 Å². The van der Waals surface area contributed by atoms with Crippen LogP contribution in [0.5, 0.6) is 0 Å². The SMILES string of the molecule is O=C(CO)Nc1cc(-c2ccncc2)c[nH]c1=O. The number of pyridine rings is 2. The van der Waals surface area contributed by atoms with Crippen molar-refractivity contribution in [3.05, 3.63) is 47.1 Å². The first-order valence-electron chi connectivity index (χ1n) is 5.24. The number of hydrogen-bond acceptors (Lipinski definition) is 4. The molecule has 0 bridgehead atoms. The molecule has 92 valence electrons. The normalized spacial score (nSPS) is 10.1. The number of carbonyl (C=O) groups excluding carboxylic acids is 1. The van der Waals surface area contributed by atoms with E-state index < -0.39 is 18.1 Å². The maximum atomic E-state index is 11.5. The third kappa shape index (κ3) is 2.61. The number of rotatable bonds is 3. The molecule has 2 heterocycles. The van der Waals surface area contributed by atoms with Gasteiger partial charge in [-0.1, -0.05) is 0 Å². The van der Waals surface area contributed by atoms with Crippen LogP contribution in [0.15, 0.2) is 41.6 Å². The zero-order valence-corrected chi connectivity index (χ0v) is 9.38. The van der Waals surface area contributed by atoms with Crippen LogP contribution in [0.1, 0.15) is 0 Å². The number of carbonyl (C=O) groups is 1. The summed E-state index contributed by atoms with van der Waals surface area (Å²) < 4.78 is 0. The van der Waals surface area contributed by atoms with E-state index in [4.69, 9.17) is 5.11 Å². The van der Waals surface area contributed by atoms with Crippen molar-refractivity contribution in [2.75, 3.05) is 11.9 Å². The average Bonchev–Trinajstić information content (AvgIpc) is 2.42. The zero-order valence-electron chi connectivity index (χ0n) is 9.38. The monoisotopic (exact) mass is 245 g/mol.